The number of piperidine rings is 1. The normalized spacial score (nSPS) is 16.0. The standard InChI is InChI=1S/C23H23F2N5/c1-3-30-6-4-14(5-7-30)15-8-17-12-26-23(27-21(17)19(24)10-15)16-9-18-13-29(2)28-22(18)20(25)11-16/h8-14H,3-7H2,1-2H3. The fraction of sp³-hybridized carbons (Fsp3) is 0.348. The smallest absolute Gasteiger partial charge is 0.160 e. The van der Waals surface area contributed by atoms with E-state index in [4.69, 9.17) is 0 Å². The minimum atomic E-state index is -0.443. The van der Waals surface area contributed by atoms with E-state index in [1.807, 2.05) is 6.07 Å². The summed E-state index contributed by atoms with van der Waals surface area (Å²) in [5.74, 6) is -0.142. The molecule has 0 atom stereocenters. The third-order valence-electron chi connectivity index (χ3n) is 6.10. The Balaban J connectivity index is 1.51. The first-order valence-corrected chi connectivity index (χ1v) is 10.3. The number of hydrogen-bond acceptors (Lipinski definition) is 4. The number of rotatable bonds is 3. The van der Waals surface area contributed by atoms with E-state index in [2.05, 4.69) is 26.9 Å². The molecule has 30 heavy (non-hydrogen) atoms. The van der Waals surface area contributed by atoms with Gasteiger partial charge in [0, 0.05) is 35.8 Å². The summed E-state index contributed by atoms with van der Waals surface area (Å²) in [7, 11) is 1.74. The summed E-state index contributed by atoms with van der Waals surface area (Å²) in [5, 5.41) is 5.45. The van der Waals surface area contributed by atoms with Crippen LogP contribution in [0.4, 0.5) is 8.78 Å². The van der Waals surface area contributed by atoms with Gasteiger partial charge < -0.3 is 4.90 Å². The zero-order chi connectivity index (χ0) is 20.8. The number of halogens is 2. The first-order valence-electron chi connectivity index (χ1n) is 10.3. The molecule has 0 radical (unpaired) electrons. The highest BCUT2D eigenvalue weighted by molar-refractivity contribution is 5.85. The lowest BCUT2D eigenvalue weighted by Crippen LogP contribution is -2.32. The highest BCUT2D eigenvalue weighted by atomic mass is 19.1. The molecule has 2 aromatic carbocycles. The molecule has 1 fully saturated rings. The summed E-state index contributed by atoms with van der Waals surface area (Å²) in [6.45, 7) is 5.31. The quantitative estimate of drug-likeness (QED) is 0.496. The van der Waals surface area contributed by atoms with Gasteiger partial charge in [0.15, 0.2) is 11.6 Å². The Morgan fingerprint density at radius 3 is 2.53 bits per heavy atom. The van der Waals surface area contributed by atoms with Gasteiger partial charge in [-0.15, -0.1) is 0 Å². The molecule has 0 aliphatic carbocycles. The van der Waals surface area contributed by atoms with Crippen LogP contribution >= 0.6 is 0 Å². The number of fused-ring (bicyclic) bond motifs is 2. The molecule has 154 valence electrons. The minimum absolute atomic E-state index is 0.265. The molecule has 0 saturated carbocycles. The largest absolute Gasteiger partial charge is 0.304 e. The van der Waals surface area contributed by atoms with E-state index < -0.39 is 5.82 Å². The van der Waals surface area contributed by atoms with E-state index in [0.717, 1.165) is 38.0 Å². The molecule has 2 aromatic heterocycles. The molecule has 0 bridgehead atoms. The predicted molar refractivity (Wildman–Crippen MR) is 113 cm³/mol. The summed E-state index contributed by atoms with van der Waals surface area (Å²) in [6.07, 6.45) is 5.43. The van der Waals surface area contributed by atoms with Crippen molar-refractivity contribution in [3.8, 4) is 11.4 Å². The molecule has 1 aliphatic rings. The number of aryl methyl sites for hydroxylation is 1. The molecule has 7 heteroatoms. The average Bonchev–Trinajstić information content (AvgIpc) is 3.14. The van der Waals surface area contributed by atoms with Crippen molar-refractivity contribution in [2.24, 2.45) is 7.05 Å². The van der Waals surface area contributed by atoms with Crippen LogP contribution in [0.2, 0.25) is 0 Å². The molecule has 0 N–H and O–H groups in total. The maximum absolute atomic E-state index is 15.0. The second-order valence-corrected chi connectivity index (χ2v) is 8.04. The Hall–Kier alpha value is -2.93. The van der Waals surface area contributed by atoms with Crippen molar-refractivity contribution in [2.75, 3.05) is 19.6 Å². The van der Waals surface area contributed by atoms with Gasteiger partial charge in [0.1, 0.15) is 16.9 Å². The average molecular weight is 407 g/mol. The van der Waals surface area contributed by atoms with E-state index in [-0.39, 0.29) is 11.3 Å². The number of likely N-dealkylation sites (tertiary alicyclic amines) is 1. The van der Waals surface area contributed by atoms with Crippen molar-refractivity contribution >= 4 is 21.8 Å². The van der Waals surface area contributed by atoms with Crippen molar-refractivity contribution in [1.29, 1.82) is 0 Å². The number of nitrogens with zero attached hydrogens (tertiary/aromatic N) is 5. The Labute approximate surface area is 173 Å². The Morgan fingerprint density at radius 1 is 1.00 bits per heavy atom. The monoisotopic (exact) mass is 407 g/mol. The third-order valence-corrected chi connectivity index (χ3v) is 6.10. The highest BCUT2D eigenvalue weighted by Crippen LogP contribution is 2.32. The molecule has 5 nitrogen and oxygen atoms in total. The topological polar surface area (TPSA) is 46.8 Å². The highest BCUT2D eigenvalue weighted by Gasteiger charge is 2.21. The van der Waals surface area contributed by atoms with Crippen molar-refractivity contribution in [3.63, 3.8) is 0 Å². The van der Waals surface area contributed by atoms with E-state index in [1.165, 1.54) is 6.07 Å². The van der Waals surface area contributed by atoms with Crippen LogP contribution in [0, 0.1) is 11.6 Å². The molecule has 5 rings (SSSR count). The lowest BCUT2D eigenvalue weighted by Gasteiger charge is -2.31. The molecule has 1 saturated heterocycles. The first kappa shape index (κ1) is 19.1. The summed E-state index contributed by atoms with van der Waals surface area (Å²) in [6, 6.07) is 6.74. The summed E-state index contributed by atoms with van der Waals surface area (Å²) < 4.78 is 31.0. The molecule has 4 aromatic rings. The number of aromatic nitrogens is 4. The second kappa shape index (κ2) is 7.40. The maximum atomic E-state index is 15.0. The fourth-order valence-corrected chi connectivity index (χ4v) is 4.42. The maximum Gasteiger partial charge on any atom is 0.160 e. The van der Waals surface area contributed by atoms with Gasteiger partial charge in [0.2, 0.25) is 0 Å². The van der Waals surface area contributed by atoms with E-state index in [1.54, 1.807) is 36.3 Å². The molecule has 0 amide bonds. The first-order chi connectivity index (χ1) is 14.5. The van der Waals surface area contributed by atoms with Crippen LogP contribution in [-0.4, -0.2) is 44.3 Å². The fourth-order valence-electron chi connectivity index (χ4n) is 4.42. The van der Waals surface area contributed by atoms with Crippen LogP contribution < -0.4 is 0 Å². The second-order valence-electron chi connectivity index (χ2n) is 8.04. The molecule has 1 aliphatic heterocycles. The Morgan fingerprint density at radius 2 is 1.77 bits per heavy atom. The van der Waals surface area contributed by atoms with Gasteiger partial charge in [-0.3, -0.25) is 4.68 Å². The summed E-state index contributed by atoms with van der Waals surface area (Å²) >= 11 is 0. The van der Waals surface area contributed by atoms with Gasteiger partial charge >= 0.3 is 0 Å². The SMILES string of the molecule is CCN1CCC(c2cc(F)c3nc(-c4cc(F)c5nn(C)cc5c4)ncc3c2)CC1. The van der Waals surface area contributed by atoms with Gasteiger partial charge in [-0.1, -0.05) is 6.92 Å². The van der Waals surface area contributed by atoms with Gasteiger partial charge in [0.05, 0.1) is 0 Å². The van der Waals surface area contributed by atoms with Gasteiger partial charge in [-0.05, 0) is 68.2 Å². The van der Waals surface area contributed by atoms with Crippen molar-refractivity contribution < 1.29 is 8.78 Å². The number of hydrogen-bond donors (Lipinski definition) is 0. The molecule has 3 heterocycles. The lowest BCUT2D eigenvalue weighted by atomic mass is 9.88. The minimum Gasteiger partial charge on any atom is -0.304 e. The number of benzene rings is 2. The Bertz CT molecular complexity index is 1240. The van der Waals surface area contributed by atoms with Crippen molar-refractivity contribution in [2.45, 2.75) is 25.7 Å². The van der Waals surface area contributed by atoms with E-state index >= 15 is 0 Å². The van der Waals surface area contributed by atoms with Crippen LogP contribution in [0.15, 0.2) is 36.7 Å². The Kier molecular flexibility index (Phi) is 4.70. The van der Waals surface area contributed by atoms with Crippen LogP contribution in [0.1, 0.15) is 31.2 Å². The lowest BCUT2D eigenvalue weighted by molar-refractivity contribution is 0.222. The molecular weight excluding hydrogens is 384 g/mol. The zero-order valence-electron chi connectivity index (χ0n) is 17.1. The summed E-state index contributed by atoms with van der Waals surface area (Å²) in [5.41, 5.74) is 2.08. The van der Waals surface area contributed by atoms with Gasteiger partial charge in [0.25, 0.3) is 0 Å². The summed E-state index contributed by atoms with van der Waals surface area (Å²) in [4.78, 5) is 11.2. The van der Waals surface area contributed by atoms with E-state index in [0.29, 0.717) is 33.6 Å². The van der Waals surface area contributed by atoms with Crippen molar-refractivity contribution in [3.05, 3.63) is 53.9 Å². The van der Waals surface area contributed by atoms with Crippen molar-refractivity contribution in [1.82, 2.24) is 24.6 Å². The third kappa shape index (κ3) is 3.33. The van der Waals surface area contributed by atoms with Gasteiger partial charge in [-0.25, -0.2) is 18.7 Å². The molecule has 0 spiro atoms. The zero-order valence-corrected chi connectivity index (χ0v) is 17.1. The van der Waals surface area contributed by atoms with Crippen LogP contribution in [0.5, 0.6) is 0 Å². The van der Waals surface area contributed by atoms with Crippen LogP contribution in [0.25, 0.3) is 33.2 Å². The molecular formula is C23H23F2N5. The van der Waals surface area contributed by atoms with Crippen LogP contribution in [-0.2, 0) is 7.05 Å². The predicted octanol–water partition coefficient (Wildman–Crippen LogP) is 4.66. The molecule has 0 unspecified atom stereocenters. The van der Waals surface area contributed by atoms with E-state index in [9.17, 15) is 8.78 Å². The van der Waals surface area contributed by atoms with Crippen LogP contribution in [0.3, 0.4) is 0 Å². The van der Waals surface area contributed by atoms with Gasteiger partial charge in [-0.2, -0.15) is 5.10 Å².